The Morgan fingerprint density at radius 2 is 1.93 bits per heavy atom. The fraction of sp³-hybridized carbons (Fsp3) is 0.619. The van der Waals surface area contributed by atoms with Crippen molar-refractivity contribution in [1.29, 1.82) is 0 Å². The number of hydrogen-bond acceptors (Lipinski definition) is 5. The van der Waals surface area contributed by atoms with Crippen molar-refractivity contribution >= 4 is 17.6 Å². The highest BCUT2D eigenvalue weighted by molar-refractivity contribution is 5.80. The van der Waals surface area contributed by atoms with E-state index in [1.165, 1.54) is 18.4 Å². The van der Waals surface area contributed by atoms with Gasteiger partial charge in [0.1, 0.15) is 0 Å². The van der Waals surface area contributed by atoms with Crippen LogP contribution in [0.1, 0.15) is 25.3 Å². The molecule has 7 heteroatoms. The van der Waals surface area contributed by atoms with E-state index in [1.807, 2.05) is 0 Å². The van der Waals surface area contributed by atoms with E-state index in [1.54, 1.807) is 0 Å². The van der Waals surface area contributed by atoms with Gasteiger partial charge in [-0.05, 0) is 31.4 Å². The van der Waals surface area contributed by atoms with Gasteiger partial charge in [0.2, 0.25) is 0 Å². The number of methoxy groups -OCH3 is 1. The van der Waals surface area contributed by atoms with Gasteiger partial charge in [0.05, 0.1) is 32.8 Å². The van der Waals surface area contributed by atoms with Gasteiger partial charge in [-0.15, -0.1) is 0 Å². The van der Waals surface area contributed by atoms with Crippen LogP contribution in [0.15, 0.2) is 29.3 Å². The number of aliphatic imine (C=N–C) groups is 1. The Morgan fingerprint density at radius 3 is 2.61 bits per heavy atom. The number of esters is 1. The zero-order valence-corrected chi connectivity index (χ0v) is 17.0. The highest BCUT2D eigenvalue weighted by Gasteiger charge is 2.27. The molecule has 0 aromatic heterocycles. The van der Waals surface area contributed by atoms with Gasteiger partial charge in [-0.2, -0.15) is 0 Å². The lowest BCUT2D eigenvalue weighted by Crippen LogP contribution is -2.46. The first-order valence-electron chi connectivity index (χ1n) is 10.2. The molecule has 1 aromatic carbocycles. The van der Waals surface area contributed by atoms with Crippen LogP contribution in [0.5, 0.6) is 0 Å². The summed E-state index contributed by atoms with van der Waals surface area (Å²) >= 11 is 0. The van der Waals surface area contributed by atoms with Gasteiger partial charge >= 0.3 is 5.97 Å². The maximum Gasteiger partial charge on any atom is 0.308 e. The number of carbonyl (C=O) groups is 1. The molecule has 1 N–H and O–H groups in total. The molecular formula is C21H32N4O3. The molecule has 2 fully saturated rings. The minimum atomic E-state index is -0.0963. The molecule has 0 spiro atoms. The number of rotatable bonds is 5. The number of ether oxygens (including phenoxy) is 2. The molecule has 7 nitrogen and oxygen atoms in total. The molecular weight excluding hydrogens is 356 g/mol. The number of morpholine rings is 1. The van der Waals surface area contributed by atoms with E-state index in [0.29, 0.717) is 6.54 Å². The molecule has 2 aliphatic rings. The van der Waals surface area contributed by atoms with Crippen LogP contribution in [0.4, 0.5) is 5.69 Å². The second-order valence-electron chi connectivity index (χ2n) is 7.18. The van der Waals surface area contributed by atoms with Crippen molar-refractivity contribution in [3.63, 3.8) is 0 Å². The Hall–Kier alpha value is -2.28. The number of carbonyl (C=O) groups excluding carboxylic acids is 1. The Balaban J connectivity index is 1.68. The molecule has 154 valence electrons. The number of piperidine rings is 1. The average Bonchev–Trinajstić information content (AvgIpc) is 2.77. The highest BCUT2D eigenvalue weighted by Crippen LogP contribution is 2.23. The molecule has 0 bridgehead atoms. The van der Waals surface area contributed by atoms with Gasteiger partial charge in [-0.1, -0.05) is 18.2 Å². The SMILES string of the molecule is CCNC(=NCc1ccccc1N1CCOCC1)N1CCC(C(=O)OC)CC1. The standard InChI is InChI=1S/C21H32N4O3/c1-3-22-21(25-10-8-17(9-11-25)20(26)27-2)23-16-18-6-4-5-7-19(18)24-12-14-28-15-13-24/h4-7,17H,3,8-16H2,1-2H3,(H,22,23). The van der Waals surface area contributed by atoms with Gasteiger partial charge in [0, 0.05) is 38.4 Å². The molecule has 0 amide bonds. The second-order valence-corrected chi connectivity index (χ2v) is 7.18. The maximum absolute atomic E-state index is 11.8. The van der Waals surface area contributed by atoms with Crippen molar-refractivity contribution in [2.24, 2.45) is 10.9 Å². The zero-order valence-electron chi connectivity index (χ0n) is 17.0. The van der Waals surface area contributed by atoms with Crippen molar-refractivity contribution in [2.75, 3.05) is 57.9 Å². The first kappa shape index (κ1) is 20.5. The van der Waals surface area contributed by atoms with E-state index in [9.17, 15) is 4.79 Å². The summed E-state index contributed by atoms with van der Waals surface area (Å²) in [5.74, 6) is 0.829. The molecule has 2 aliphatic heterocycles. The predicted molar refractivity (Wildman–Crippen MR) is 111 cm³/mol. The number of nitrogens with one attached hydrogen (secondary N) is 1. The first-order chi connectivity index (χ1) is 13.7. The number of anilines is 1. The number of nitrogens with zero attached hydrogens (tertiary/aromatic N) is 3. The van der Waals surface area contributed by atoms with Crippen molar-refractivity contribution in [3.8, 4) is 0 Å². The minimum absolute atomic E-state index is 0.00572. The highest BCUT2D eigenvalue weighted by atomic mass is 16.5. The lowest BCUT2D eigenvalue weighted by molar-refractivity contribution is -0.146. The van der Waals surface area contributed by atoms with Gasteiger partial charge in [0.25, 0.3) is 0 Å². The fourth-order valence-corrected chi connectivity index (χ4v) is 3.84. The molecule has 3 rings (SSSR count). The number of para-hydroxylation sites is 1. The van der Waals surface area contributed by atoms with Gasteiger partial charge in [-0.3, -0.25) is 4.79 Å². The zero-order chi connectivity index (χ0) is 19.8. The van der Waals surface area contributed by atoms with Gasteiger partial charge in [0.15, 0.2) is 5.96 Å². The van der Waals surface area contributed by atoms with Gasteiger partial charge < -0.3 is 24.6 Å². The fourth-order valence-electron chi connectivity index (χ4n) is 3.84. The maximum atomic E-state index is 11.8. The normalized spacial score (nSPS) is 18.9. The molecule has 0 atom stereocenters. The molecule has 0 radical (unpaired) electrons. The first-order valence-corrected chi connectivity index (χ1v) is 10.2. The van der Waals surface area contributed by atoms with Crippen LogP contribution in [0.2, 0.25) is 0 Å². The summed E-state index contributed by atoms with van der Waals surface area (Å²) in [5.41, 5.74) is 2.47. The van der Waals surface area contributed by atoms with E-state index in [4.69, 9.17) is 14.5 Å². The quantitative estimate of drug-likeness (QED) is 0.472. The third kappa shape index (κ3) is 5.16. The lowest BCUT2D eigenvalue weighted by atomic mass is 9.97. The Morgan fingerprint density at radius 1 is 1.21 bits per heavy atom. The van der Waals surface area contributed by atoms with Gasteiger partial charge in [-0.25, -0.2) is 4.99 Å². The summed E-state index contributed by atoms with van der Waals surface area (Å²) in [7, 11) is 1.46. The van der Waals surface area contributed by atoms with Crippen LogP contribution >= 0.6 is 0 Å². The molecule has 0 aliphatic carbocycles. The molecule has 0 saturated carbocycles. The summed E-state index contributed by atoms with van der Waals surface area (Å²) in [6.45, 7) is 8.55. The molecule has 28 heavy (non-hydrogen) atoms. The molecule has 2 saturated heterocycles. The third-order valence-corrected chi connectivity index (χ3v) is 5.41. The van der Waals surface area contributed by atoms with E-state index >= 15 is 0 Å². The number of hydrogen-bond donors (Lipinski definition) is 1. The lowest BCUT2D eigenvalue weighted by Gasteiger charge is -2.33. The smallest absolute Gasteiger partial charge is 0.308 e. The summed E-state index contributed by atoms with van der Waals surface area (Å²) in [6.07, 6.45) is 1.61. The van der Waals surface area contributed by atoms with Crippen molar-refractivity contribution < 1.29 is 14.3 Å². The second kappa shape index (κ2) is 10.3. The summed E-state index contributed by atoms with van der Waals surface area (Å²) in [5, 5.41) is 3.41. The Bertz CT molecular complexity index is 665. The Kier molecular flexibility index (Phi) is 7.54. The average molecular weight is 389 g/mol. The molecule has 2 heterocycles. The minimum Gasteiger partial charge on any atom is -0.469 e. The third-order valence-electron chi connectivity index (χ3n) is 5.41. The van der Waals surface area contributed by atoms with Crippen molar-refractivity contribution in [2.45, 2.75) is 26.3 Å². The number of guanidine groups is 1. The van der Waals surface area contributed by atoms with Crippen molar-refractivity contribution in [1.82, 2.24) is 10.2 Å². The largest absolute Gasteiger partial charge is 0.469 e. The van der Waals surface area contributed by atoms with Crippen LogP contribution in [-0.2, 0) is 20.8 Å². The van der Waals surface area contributed by atoms with Crippen LogP contribution < -0.4 is 10.2 Å². The monoisotopic (exact) mass is 388 g/mol. The van der Waals surface area contributed by atoms with Crippen LogP contribution in [0.3, 0.4) is 0 Å². The molecule has 1 aromatic rings. The van der Waals surface area contributed by atoms with E-state index in [2.05, 4.69) is 46.3 Å². The number of likely N-dealkylation sites (tertiary alicyclic amines) is 1. The topological polar surface area (TPSA) is 66.4 Å². The predicted octanol–water partition coefficient (Wildman–Crippen LogP) is 1.87. The van der Waals surface area contributed by atoms with Crippen LogP contribution in [0.25, 0.3) is 0 Å². The number of benzene rings is 1. The van der Waals surface area contributed by atoms with E-state index < -0.39 is 0 Å². The summed E-state index contributed by atoms with van der Waals surface area (Å²) in [6, 6.07) is 8.48. The molecule has 0 unspecified atom stereocenters. The Labute approximate surface area is 167 Å². The van der Waals surface area contributed by atoms with E-state index in [-0.39, 0.29) is 11.9 Å². The summed E-state index contributed by atoms with van der Waals surface area (Å²) < 4.78 is 10.4. The van der Waals surface area contributed by atoms with Crippen LogP contribution in [0, 0.1) is 5.92 Å². The summed E-state index contributed by atoms with van der Waals surface area (Å²) in [4.78, 5) is 21.3. The van der Waals surface area contributed by atoms with E-state index in [0.717, 1.165) is 64.7 Å². The van der Waals surface area contributed by atoms with Crippen molar-refractivity contribution in [3.05, 3.63) is 29.8 Å². The van der Waals surface area contributed by atoms with Crippen LogP contribution in [-0.4, -0.2) is 69.9 Å².